The molecule has 0 aromatic heterocycles. The summed E-state index contributed by atoms with van der Waals surface area (Å²) >= 11 is 1.68. The van der Waals surface area contributed by atoms with E-state index in [1.165, 1.54) is 28.9 Å². The molecule has 0 bridgehead atoms. The smallest absolute Gasteiger partial charge is 0.261 e. The summed E-state index contributed by atoms with van der Waals surface area (Å²) in [4.78, 5) is 40.3. The van der Waals surface area contributed by atoms with Gasteiger partial charge in [-0.2, -0.15) is 4.99 Å². The molecule has 6 rings (SSSR count). The number of allylic oxidation sites excluding steroid dienone is 1. The molecule has 1 aliphatic carbocycles. The highest BCUT2D eigenvalue weighted by atomic mass is 32.2. The minimum atomic E-state index is -0.245. The summed E-state index contributed by atoms with van der Waals surface area (Å²) in [7, 11) is 0. The number of amides is 2. The molecule has 1 saturated heterocycles. The van der Waals surface area contributed by atoms with Gasteiger partial charge in [0.1, 0.15) is 11.8 Å². The number of benzene rings is 1. The second kappa shape index (κ2) is 9.78. The maximum atomic E-state index is 12.9. The molecule has 0 saturated carbocycles. The molecular weight excluding hydrogens is 464 g/mol. The van der Waals surface area contributed by atoms with Crippen LogP contribution in [0.25, 0.3) is 0 Å². The highest BCUT2D eigenvalue weighted by Gasteiger charge is 2.40. The van der Waals surface area contributed by atoms with Gasteiger partial charge in [-0.05, 0) is 53.9 Å². The van der Waals surface area contributed by atoms with Crippen LogP contribution in [0.15, 0.2) is 38.7 Å². The number of fused-ring (bicyclic) bond motifs is 3. The van der Waals surface area contributed by atoms with Crippen LogP contribution in [-0.2, 0) is 16.1 Å². The fourth-order valence-electron chi connectivity index (χ4n) is 5.46. The molecule has 35 heavy (non-hydrogen) atoms. The number of ether oxygens (including phenoxy) is 2. The third-order valence-corrected chi connectivity index (χ3v) is 8.64. The first kappa shape index (κ1) is 22.8. The highest BCUT2D eigenvalue weighted by molar-refractivity contribution is 8.17. The fraction of sp³-hybridized carbons (Fsp3) is 0.538. The standard InChI is InChI=1S/C26H30N4O4S/c31-23(30-12-10-29(11-13-30)15-17-6-7-19-20(14-17)34-16-33-19)9-8-22-27-25(32)24-18-4-2-1-3-5-21(18)35-26(24)28-22/h6-7,14,24H,1-5,8-13,15-16H2. The van der Waals surface area contributed by atoms with Gasteiger partial charge in [0.05, 0.1) is 5.04 Å². The molecule has 1 aromatic rings. The number of aliphatic imine (C=N–C) groups is 2. The Hall–Kier alpha value is -2.65. The van der Waals surface area contributed by atoms with E-state index in [9.17, 15) is 9.59 Å². The Labute approximate surface area is 209 Å². The van der Waals surface area contributed by atoms with Crippen LogP contribution in [0.3, 0.4) is 0 Å². The Kier molecular flexibility index (Phi) is 6.37. The Morgan fingerprint density at radius 3 is 2.74 bits per heavy atom. The van der Waals surface area contributed by atoms with E-state index in [2.05, 4.69) is 16.0 Å². The van der Waals surface area contributed by atoms with E-state index in [0.717, 1.165) is 55.4 Å². The molecule has 0 N–H and O–H groups in total. The summed E-state index contributed by atoms with van der Waals surface area (Å²) < 4.78 is 10.9. The molecule has 8 nitrogen and oxygen atoms in total. The molecule has 1 aromatic carbocycles. The summed E-state index contributed by atoms with van der Waals surface area (Å²) in [6.07, 6.45) is 6.36. The van der Waals surface area contributed by atoms with E-state index in [-0.39, 0.29) is 24.5 Å². The Balaban J connectivity index is 0.988. The number of rotatable bonds is 5. The van der Waals surface area contributed by atoms with Crippen LogP contribution in [0.2, 0.25) is 0 Å². The van der Waals surface area contributed by atoms with Gasteiger partial charge in [0.15, 0.2) is 11.5 Å². The molecule has 5 aliphatic rings. The van der Waals surface area contributed by atoms with Crippen LogP contribution in [0.1, 0.15) is 50.5 Å². The van der Waals surface area contributed by atoms with Crippen LogP contribution in [0, 0.1) is 5.92 Å². The minimum absolute atomic E-state index is 0.0889. The minimum Gasteiger partial charge on any atom is -0.454 e. The molecule has 4 heterocycles. The normalized spacial score (nSPS) is 24.1. The lowest BCUT2D eigenvalue weighted by atomic mass is 9.94. The van der Waals surface area contributed by atoms with Crippen molar-refractivity contribution in [3.05, 3.63) is 34.2 Å². The van der Waals surface area contributed by atoms with Crippen molar-refractivity contribution < 1.29 is 19.1 Å². The van der Waals surface area contributed by atoms with Crippen LogP contribution >= 0.6 is 11.8 Å². The molecule has 184 valence electrons. The van der Waals surface area contributed by atoms with E-state index in [4.69, 9.17) is 14.5 Å². The summed E-state index contributed by atoms with van der Waals surface area (Å²) in [5, 5.41) is 0.886. The third kappa shape index (κ3) is 4.76. The quantitative estimate of drug-likeness (QED) is 0.620. The van der Waals surface area contributed by atoms with E-state index in [1.807, 2.05) is 17.0 Å². The molecule has 9 heteroatoms. The van der Waals surface area contributed by atoms with E-state index in [1.54, 1.807) is 11.8 Å². The topological polar surface area (TPSA) is 83.8 Å². The van der Waals surface area contributed by atoms with E-state index < -0.39 is 0 Å². The molecule has 1 atom stereocenters. The number of carbonyl (C=O) groups excluding carboxylic acids is 2. The van der Waals surface area contributed by atoms with Gasteiger partial charge in [-0.15, -0.1) is 0 Å². The fourth-order valence-corrected chi connectivity index (χ4v) is 6.82. The summed E-state index contributed by atoms with van der Waals surface area (Å²) in [6.45, 7) is 4.18. The van der Waals surface area contributed by atoms with Crippen molar-refractivity contribution in [1.82, 2.24) is 9.80 Å². The summed E-state index contributed by atoms with van der Waals surface area (Å²) in [6, 6.07) is 6.06. The maximum absolute atomic E-state index is 12.9. The van der Waals surface area contributed by atoms with Gasteiger partial charge < -0.3 is 14.4 Å². The number of hydrogen-bond acceptors (Lipinski definition) is 7. The van der Waals surface area contributed by atoms with Crippen LogP contribution < -0.4 is 9.47 Å². The average Bonchev–Trinajstić information content (AvgIpc) is 3.40. The monoisotopic (exact) mass is 494 g/mol. The Bertz CT molecular complexity index is 1140. The lowest BCUT2D eigenvalue weighted by molar-refractivity contribution is -0.132. The average molecular weight is 495 g/mol. The number of thioether (sulfide) groups is 1. The first-order valence-corrected chi connectivity index (χ1v) is 13.4. The molecule has 0 radical (unpaired) electrons. The van der Waals surface area contributed by atoms with Crippen molar-refractivity contribution in [1.29, 1.82) is 0 Å². The first-order chi connectivity index (χ1) is 17.1. The zero-order valence-electron chi connectivity index (χ0n) is 19.8. The lowest BCUT2D eigenvalue weighted by Crippen LogP contribution is -2.48. The van der Waals surface area contributed by atoms with Crippen molar-refractivity contribution in [3.8, 4) is 11.5 Å². The first-order valence-electron chi connectivity index (χ1n) is 12.6. The zero-order chi connectivity index (χ0) is 23.8. The molecular formula is C26H30N4O4S. The van der Waals surface area contributed by atoms with Crippen molar-refractivity contribution in [2.45, 2.75) is 51.5 Å². The number of carbonyl (C=O) groups is 2. The predicted molar refractivity (Wildman–Crippen MR) is 135 cm³/mol. The zero-order valence-corrected chi connectivity index (χ0v) is 20.6. The van der Waals surface area contributed by atoms with Gasteiger partial charge in [0.25, 0.3) is 5.91 Å². The van der Waals surface area contributed by atoms with E-state index >= 15 is 0 Å². The number of nitrogens with zero attached hydrogens (tertiary/aromatic N) is 4. The van der Waals surface area contributed by atoms with Crippen LogP contribution in [0.4, 0.5) is 0 Å². The summed E-state index contributed by atoms with van der Waals surface area (Å²) in [5.74, 6) is 1.89. The maximum Gasteiger partial charge on any atom is 0.261 e. The van der Waals surface area contributed by atoms with Crippen molar-refractivity contribution in [2.24, 2.45) is 15.9 Å². The van der Waals surface area contributed by atoms with Gasteiger partial charge >= 0.3 is 0 Å². The molecule has 1 fully saturated rings. The van der Waals surface area contributed by atoms with Crippen molar-refractivity contribution in [2.75, 3.05) is 33.0 Å². The SMILES string of the molecule is O=C1N=C(CCC(=O)N2CCN(Cc3ccc4c(c3)OCO4)CC2)N=C2SC3=C(CCCCC3)C12. The molecule has 1 unspecified atom stereocenters. The van der Waals surface area contributed by atoms with Crippen molar-refractivity contribution in [3.63, 3.8) is 0 Å². The van der Waals surface area contributed by atoms with Gasteiger partial charge in [-0.1, -0.05) is 24.2 Å². The van der Waals surface area contributed by atoms with Gasteiger partial charge in [0.2, 0.25) is 12.7 Å². The second-order valence-corrected chi connectivity index (χ2v) is 10.8. The van der Waals surface area contributed by atoms with Gasteiger partial charge in [-0.3, -0.25) is 14.5 Å². The highest BCUT2D eigenvalue weighted by Crippen LogP contribution is 2.46. The van der Waals surface area contributed by atoms with Gasteiger partial charge in [0, 0.05) is 45.6 Å². The predicted octanol–water partition coefficient (Wildman–Crippen LogP) is 3.76. The Morgan fingerprint density at radius 1 is 1.03 bits per heavy atom. The molecule has 2 amide bonds. The summed E-state index contributed by atoms with van der Waals surface area (Å²) in [5.41, 5.74) is 2.44. The van der Waals surface area contributed by atoms with Crippen LogP contribution in [-0.4, -0.2) is 65.5 Å². The van der Waals surface area contributed by atoms with Gasteiger partial charge in [-0.25, -0.2) is 4.99 Å². The largest absolute Gasteiger partial charge is 0.454 e. The second-order valence-electron chi connectivity index (χ2n) is 9.71. The van der Waals surface area contributed by atoms with Crippen LogP contribution in [0.5, 0.6) is 11.5 Å². The third-order valence-electron chi connectivity index (χ3n) is 7.39. The number of hydrogen-bond donors (Lipinski definition) is 0. The van der Waals surface area contributed by atoms with Crippen molar-refractivity contribution >= 4 is 34.5 Å². The number of piperazine rings is 1. The lowest BCUT2D eigenvalue weighted by Gasteiger charge is -2.34. The number of amidine groups is 1. The van der Waals surface area contributed by atoms with E-state index in [0.29, 0.717) is 31.8 Å². The molecule has 0 spiro atoms. The Morgan fingerprint density at radius 2 is 1.86 bits per heavy atom. The molecule has 4 aliphatic heterocycles.